The number of hydrogen-bond acceptors (Lipinski definition) is 5. The van der Waals surface area contributed by atoms with Crippen LogP contribution in [0.5, 0.6) is 5.75 Å². The molecule has 2 heterocycles. The van der Waals surface area contributed by atoms with E-state index in [9.17, 15) is 9.59 Å². The van der Waals surface area contributed by atoms with Crippen molar-refractivity contribution in [2.24, 2.45) is 0 Å². The lowest BCUT2D eigenvalue weighted by atomic mass is 10.1. The summed E-state index contributed by atoms with van der Waals surface area (Å²) in [5, 5.41) is 8.79. The highest BCUT2D eigenvalue weighted by Gasteiger charge is 2.37. The molecule has 3 rings (SSSR count). The number of carbonyl (C=O) groups excluding carboxylic acids is 2. The minimum Gasteiger partial charge on any atom is -0.496 e. The van der Waals surface area contributed by atoms with Crippen LogP contribution in [-0.4, -0.2) is 49.6 Å². The maximum Gasteiger partial charge on any atom is 0.328 e. The summed E-state index contributed by atoms with van der Waals surface area (Å²) >= 11 is 0. The molecule has 4 amide bonds. The zero-order chi connectivity index (χ0) is 17.8. The lowest BCUT2D eigenvalue weighted by Crippen LogP contribution is -2.70. The Morgan fingerprint density at radius 2 is 1.84 bits per heavy atom. The molecule has 0 aliphatic carbocycles. The van der Waals surface area contributed by atoms with Gasteiger partial charge in [-0.25, -0.2) is 14.5 Å². The predicted octanol–water partition coefficient (Wildman–Crippen LogP) is 1.54. The number of benzene rings is 1. The second-order valence-corrected chi connectivity index (χ2v) is 6.18. The van der Waals surface area contributed by atoms with Gasteiger partial charge in [0, 0.05) is 30.9 Å². The van der Waals surface area contributed by atoms with Crippen LogP contribution in [0.15, 0.2) is 24.3 Å². The number of nitrogens with one attached hydrogen (secondary N) is 3. The van der Waals surface area contributed by atoms with Crippen molar-refractivity contribution in [2.75, 3.05) is 20.3 Å². The van der Waals surface area contributed by atoms with Gasteiger partial charge < -0.3 is 20.1 Å². The Labute approximate surface area is 146 Å². The van der Waals surface area contributed by atoms with Crippen LogP contribution in [-0.2, 0) is 4.74 Å². The number of carbonyl (C=O) groups is 2. The standard InChI is InChI=1S/C17H24N4O4/c1-11(13-5-3-4-6-14(13)24-2)18-15-19-16(22)21(17(23)20-15)12-7-9-25-10-8-12/h3-6,11-12,15,18H,7-10H2,1-2H3,(H,19,22)(H,20,23)/t11-/m0/s1. The van der Waals surface area contributed by atoms with Crippen LogP contribution in [0.3, 0.4) is 0 Å². The minimum atomic E-state index is -0.643. The average molecular weight is 348 g/mol. The van der Waals surface area contributed by atoms with E-state index >= 15 is 0 Å². The maximum absolute atomic E-state index is 12.4. The van der Waals surface area contributed by atoms with E-state index in [0.29, 0.717) is 26.1 Å². The molecule has 1 aromatic rings. The predicted molar refractivity (Wildman–Crippen MR) is 91.1 cm³/mol. The van der Waals surface area contributed by atoms with Gasteiger partial charge in [0.1, 0.15) is 5.75 Å². The fourth-order valence-electron chi connectivity index (χ4n) is 3.24. The van der Waals surface area contributed by atoms with Gasteiger partial charge in [-0.15, -0.1) is 0 Å². The minimum absolute atomic E-state index is 0.124. The number of amides is 4. The molecular weight excluding hydrogens is 324 g/mol. The number of ether oxygens (including phenoxy) is 2. The van der Waals surface area contributed by atoms with Gasteiger partial charge in [0.2, 0.25) is 0 Å². The van der Waals surface area contributed by atoms with Crippen molar-refractivity contribution in [3.63, 3.8) is 0 Å². The number of para-hydroxylation sites is 1. The van der Waals surface area contributed by atoms with Gasteiger partial charge in [0.15, 0.2) is 6.29 Å². The monoisotopic (exact) mass is 348 g/mol. The Balaban J connectivity index is 1.63. The van der Waals surface area contributed by atoms with Gasteiger partial charge in [-0.2, -0.15) is 0 Å². The molecule has 0 bridgehead atoms. The van der Waals surface area contributed by atoms with Crippen LogP contribution >= 0.6 is 0 Å². The molecule has 3 N–H and O–H groups in total. The molecule has 2 saturated heterocycles. The molecule has 136 valence electrons. The van der Waals surface area contributed by atoms with E-state index < -0.39 is 6.29 Å². The van der Waals surface area contributed by atoms with E-state index in [1.54, 1.807) is 7.11 Å². The van der Waals surface area contributed by atoms with E-state index in [2.05, 4.69) is 16.0 Å². The molecule has 25 heavy (non-hydrogen) atoms. The zero-order valence-electron chi connectivity index (χ0n) is 14.5. The highest BCUT2D eigenvalue weighted by atomic mass is 16.5. The first-order valence-corrected chi connectivity index (χ1v) is 8.47. The van der Waals surface area contributed by atoms with E-state index in [1.165, 1.54) is 4.90 Å². The summed E-state index contributed by atoms with van der Waals surface area (Å²) < 4.78 is 10.7. The Kier molecular flexibility index (Phi) is 5.40. The van der Waals surface area contributed by atoms with Crippen LogP contribution in [0.1, 0.15) is 31.4 Å². The van der Waals surface area contributed by atoms with Crippen molar-refractivity contribution in [3.8, 4) is 5.75 Å². The quantitative estimate of drug-likeness (QED) is 0.751. The third-order valence-corrected chi connectivity index (χ3v) is 4.55. The summed E-state index contributed by atoms with van der Waals surface area (Å²) in [6.07, 6.45) is 0.684. The number of imide groups is 1. The molecule has 0 saturated carbocycles. The topological polar surface area (TPSA) is 91.9 Å². The van der Waals surface area contributed by atoms with Crippen LogP contribution in [0.4, 0.5) is 9.59 Å². The van der Waals surface area contributed by atoms with Gasteiger partial charge in [0.05, 0.1) is 7.11 Å². The van der Waals surface area contributed by atoms with Crippen LogP contribution in [0, 0.1) is 0 Å². The molecule has 1 aromatic carbocycles. The normalized spacial score (nSPS) is 20.8. The Bertz CT molecular complexity index is 615. The van der Waals surface area contributed by atoms with Crippen molar-refractivity contribution in [1.29, 1.82) is 0 Å². The molecule has 0 unspecified atom stereocenters. The van der Waals surface area contributed by atoms with E-state index in [-0.39, 0.29) is 24.1 Å². The van der Waals surface area contributed by atoms with Crippen LogP contribution in [0.25, 0.3) is 0 Å². The molecule has 0 aromatic heterocycles. The molecular formula is C17H24N4O4. The second-order valence-electron chi connectivity index (χ2n) is 6.18. The molecule has 0 spiro atoms. The molecule has 8 nitrogen and oxygen atoms in total. The summed E-state index contributed by atoms with van der Waals surface area (Å²) in [6.45, 7) is 3.07. The maximum atomic E-state index is 12.4. The molecule has 0 radical (unpaired) electrons. The summed E-state index contributed by atoms with van der Waals surface area (Å²) in [6, 6.07) is 6.60. The average Bonchev–Trinajstić information content (AvgIpc) is 2.62. The lowest BCUT2D eigenvalue weighted by molar-refractivity contribution is 0.0492. The van der Waals surface area contributed by atoms with E-state index in [1.807, 2.05) is 31.2 Å². The van der Waals surface area contributed by atoms with Gasteiger partial charge in [-0.05, 0) is 25.8 Å². The summed E-state index contributed by atoms with van der Waals surface area (Å²) in [7, 11) is 1.61. The van der Waals surface area contributed by atoms with Crippen molar-refractivity contribution in [3.05, 3.63) is 29.8 Å². The number of hydrogen-bond donors (Lipinski definition) is 3. The fraction of sp³-hybridized carbons (Fsp3) is 0.529. The van der Waals surface area contributed by atoms with Crippen molar-refractivity contribution in [2.45, 2.75) is 38.1 Å². The van der Waals surface area contributed by atoms with Gasteiger partial charge >= 0.3 is 12.1 Å². The molecule has 8 heteroatoms. The van der Waals surface area contributed by atoms with Crippen molar-refractivity contribution < 1.29 is 19.1 Å². The van der Waals surface area contributed by atoms with Gasteiger partial charge in [0.25, 0.3) is 0 Å². The van der Waals surface area contributed by atoms with Crippen molar-refractivity contribution in [1.82, 2.24) is 20.9 Å². The van der Waals surface area contributed by atoms with Gasteiger partial charge in [-0.3, -0.25) is 5.32 Å². The molecule has 2 aliphatic rings. The Hall–Kier alpha value is -2.32. The summed E-state index contributed by atoms with van der Waals surface area (Å²) in [5.74, 6) is 0.750. The largest absolute Gasteiger partial charge is 0.496 e. The van der Waals surface area contributed by atoms with Crippen LogP contribution < -0.4 is 20.7 Å². The number of urea groups is 2. The number of nitrogens with zero attached hydrogens (tertiary/aromatic N) is 1. The van der Waals surface area contributed by atoms with Crippen LogP contribution in [0.2, 0.25) is 0 Å². The lowest BCUT2D eigenvalue weighted by Gasteiger charge is -2.39. The Morgan fingerprint density at radius 3 is 2.48 bits per heavy atom. The first-order chi connectivity index (χ1) is 12.1. The third-order valence-electron chi connectivity index (χ3n) is 4.55. The van der Waals surface area contributed by atoms with E-state index in [0.717, 1.165) is 11.3 Å². The first-order valence-electron chi connectivity index (χ1n) is 8.47. The molecule has 1 atom stereocenters. The number of rotatable bonds is 5. The molecule has 2 fully saturated rings. The smallest absolute Gasteiger partial charge is 0.328 e. The summed E-state index contributed by atoms with van der Waals surface area (Å²) in [5.41, 5.74) is 0.945. The highest BCUT2D eigenvalue weighted by Crippen LogP contribution is 2.24. The SMILES string of the molecule is COc1ccccc1[C@H](C)NC1NC(=O)N(C2CCOCC2)C(=O)N1. The molecule has 2 aliphatic heterocycles. The highest BCUT2D eigenvalue weighted by molar-refractivity contribution is 5.96. The third kappa shape index (κ3) is 3.85. The fourth-order valence-corrected chi connectivity index (χ4v) is 3.24. The van der Waals surface area contributed by atoms with Crippen molar-refractivity contribution >= 4 is 12.1 Å². The Morgan fingerprint density at radius 1 is 1.20 bits per heavy atom. The zero-order valence-corrected chi connectivity index (χ0v) is 14.5. The summed E-state index contributed by atoms with van der Waals surface area (Å²) in [4.78, 5) is 26.1. The van der Waals surface area contributed by atoms with E-state index in [4.69, 9.17) is 9.47 Å². The first kappa shape index (κ1) is 17.5. The van der Waals surface area contributed by atoms with Gasteiger partial charge in [-0.1, -0.05) is 18.2 Å². The number of methoxy groups -OCH3 is 1. The second kappa shape index (κ2) is 7.71.